The van der Waals surface area contributed by atoms with Crippen LogP contribution >= 0.6 is 11.8 Å². The molecule has 184 valence electrons. The van der Waals surface area contributed by atoms with Crippen molar-refractivity contribution in [1.29, 1.82) is 0 Å². The fourth-order valence-electron chi connectivity index (χ4n) is 2.79. The second kappa shape index (κ2) is 13.5. The lowest BCUT2D eigenvalue weighted by molar-refractivity contribution is -0.118. The zero-order valence-electron chi connectivity index (χ0n) is 19.7. The molecule has 0 aliphatic rings. The number of amides is 3. The van der Waals surface area contributed by atoms with Crippen LogP contribution in [0.15, 0.2) is 48.8 Å². The largest absolute Gasteiger partial charge is 0.444 e. The highest BCUT2D eigenvalue weighted by molar-refractivity contribution is 8.00. The maximum atomic E-state index is 12.9. The van der Waals surface area contributed by atoms with Crippen LogP contribution in [0.1, 0.15) is 32.8 Å². The lowest BCUT2D eigenvalue weighted by atomic mass is 10.2. The molecular formula is C24H31FN4O4S. The van der Waals surface area contributed by atoms with Gasteiger partial charge >= 0.3 is 6.09 Å². The number of halogens is 1. The van der Waals surface area contributed by atoms with Crippen LogP contribution in [0, 0.1) is 5.82 Å². The number of ether oxygens (including phenoxy) is 1. The van der Waals surface area contributed by atoms with Crippen molar-refractivity contribution in [2.24, 2.45) is 0 Å². The summed E-state index contributed by atoms with van der Waals surface area (Å²) in [6.07, 6.45) is 3.48. The first kappa shape index (κ1) is 27.1. The Morgan fingerprint density at radius 2 is 1.79 bits per heavy atom. The number of anilines is 1. The minimum Gasteiger partial charge on any atom is -0.444 e. The lowest BCUT2D eigenvalue weighted by Crippen LogP contribution is -2.38. The van der Waals surface area contributed by atoms with Crippen LogP contribution in [0.5, 0.6) is 0 Å². The zero-order valence-corrected chi connectivity index (χ0v) is 20.5. The number of hydrogen-bond donors (Lipinski definition) is 2. The van der Waals surface area contributed by atoms with Gasteiger partial charge < -0.3 is 20.3 Å². The van der Waals surface area contributed by atoms with Crippen LogP contribution in [0.3, 0.4) is 0 Å². The molecule has 0 saturated carbocycles. The maximum Gasteiger partial charge on any atom is 0.410 e. The van der Waals surface area contributed by atoms with E-state index in [1.807, 2.05) is 26.8 Å². The van der Waals surface area contributed by atoms with Crippen LogP contribution in [-0.2, 0) is 20.9 Å². The molecule has 0 atom stereocenters. The average Bonchev–Trinajstić information content (AvgIpc) is 2.77. The van der Waals surface area contributed by atoms with Crippen molar-refractivity contribution in [1.82, 2.24) is 15.2 Å². The Balaban J connectivity index is 1.69. The molecule has 10 heteroatoms. The Morgan fingerprint density at radius 1 is 1.09 bits per heavy atom. The topological polar surface area (TPSA) is 101 Å². The molecular weight excluding hydrogens is 459 g/mol. The standard InChI is InChI=1S/C24H31FN4O4S/c1-24(2,3)33-23(32)29(15-18-6-4-11-26-14-18)13-5-12-27-21(30)16-34-17-22(31)28-20-9-7-19(25)8-10-20/h4,6-11,14H,5,12-13,15-17H2,1-3H3,(H,27,30)(H,28,31). The molecule has 34 heavy (non-hydrogen) atoms. The van der Waals surface area contributed by atoms with Crippen molar-refractivity contribution in [2.75, 3.05) is 29.9 Å². The Hall–Kier alpha value is -3.14. The van der Waals surface area contributed by atoms with Gasteiger partial charge in [-0.15, -0.1) is 11.8 Å². The Morgan fingerprint density at radius 3 is 2.44 bits per heavy atom. The number of nitrogens with one attached hydrogen (secondary N) is 2. The molecule has 3 amide bonds. The zero-order chi connectivity index (χ0) is 25.0. The summed E-state index contributed by atoms with van der Waals surface area (Å²) in [4.78, 5) is 42.2. The molecule has 0 bridgehead atoms. The van der Waals surface area contributed by atoms with E-state index in [1.54, 1.807) is 23.4 Å². The van der Waals surface area contributed by atoms with E-state index in [0.717, 1.165) is 5.56 Å². The third kappa shape index (κ3) is 11.1. The summed E-state index contributed by atoms with van der Waals surface area (Å²) in [7, 11) is 0. The second-order valence-electron chi connectivity index (χ2n) is 8.51. The van der Waals surface area contributed by atoms with Gasteiger partial charge in [-0.25, -0.2) is 9.18 Å². The molecule has 2 rings (SSSR count). The fourth-order valence-corrected chi connectivity index (χ4v) is 3.44. The molecule has 0 radical (unpaired) electrons. The minimum atomic E-state index is -0.612. The van der Waals surface area contributed by atoms with Crippen molar-refractivity contribution >= 4 is 35.4 Å². The molecule has 1 heterocycles. The molecule has 0 fully saturated rings. The SMILES string of the molecule is CC(C)(C)OC(=O)N(CCCNC(=O)CSCC(=O)Nc1ccc(F)cc1)Cc1cccnc1. The Bertz CT molecular complexity index is 936. The first-order valence-corrected chi connectivity index (χ1v) is 12.0. The van der Waals surface area contributed by atoms with Gasteiger partial charge in [0.05, 0.1) is 18.1 Å². The van der Waals surface area contributed by atoms with E-state index >= 15 is 0 Å². The van der Waals surface area contributed by atoms with Crippen LogP contribution in [0.2, 0.25) is 0 Å². The summed E-state index contributed by atoms with van der Waals surface area (Å²) in [5.74, 6) is -0.622. The number of aromatic nitrogens is 1. The number of pyridine rings is 1. The second-order valence-corrected chi connectivity index (χ2v) is 9.50. The van der Waals surface area contributed by atoms with Crippen molar-refractivity contribution in [3.8, 4) is 0 Å². The predicted octanol–water partition coefficient (Wildman–Crippen LogP) is 3.84. The molecule has 0 saturated heterocycles. The van der Waals surface area contributed by atoms with E-state index in [9.17, 15) is 18.8 Å². The molecule has 1 aromatic heterocycles. The summed E-state index contributed by atoms with van der Waals surface area (Å²) in [6.45, 7) is 6.57. The van der Waals surface area contributed by atoms with Gasteiger partial charge in [-0.1, -0.05) is 6.07 Å². The van der Waals surface area contributed by atoms with Crippen molar-refractivity contribution in [3.05, 3.63) is 60.2 Å². The Labute approximate surface area is 203 Å². The maximum absolute atomic E-state index is 12.9. The third-order valence-corrected chi connectivity index (χ3v) is 5.20. The number of carbonyl (C=O) groups is 3. The van der Waals surface area contributed by atoms with E-state index in [0.29, 0.717) is 31.7 Å². The van der Waals surface area contributed by atoms with Crippen LogP contribution in [0.25, 0.3) is 0 Å². The number of carbonyl (C=O) groups excluding carboxylic acids is 3. The summed E-state index contributed by atoms with van der Waals surface area (Å²) in [6, 6.07) is 9.16. The molecule has 1 aromatic carbocycles. The normalized spacial score (nSPS) is 10.9. The first-order valence-electron chi connectivity index (χ1n) is 10.9. The van der Waals surface area contributed by atoms with Gasteiger partial charge in [0.25, 0.3) is 0 Å². The van der Waals surface area contributed by atoms with Gasteiger partial charge in [0, 0.05) is 31.2 Å². The highest BCUT2D eigenvalue weighted by atomic mass is 32.2. The van der Waals surface area contributed by atoms with Crippen molar-refractivity contribution in [3.63, 3.8) is 0 Å². The van der Waals surface area contributed by atoms with Crippen molar-refractivity contribution in [2.45, 2.75) is 39.3 Å². The monoisotopic (exact) mass is 490 g/mol. The Kier molecular flexibility index (Phi) is 10.8. The number of nitrogens with zero attached hydrogens (tertiary/aromatic N) is 2. The van der Waals surface area contributed by atoms with E-state index in [1.165, 1.54) is 36.0 Å². The highest BCUT2D eigenvalue weighted by Gasteiger charge is 2.22. The quantitative estimate of drug-likeness (QED) is 0.464. The number of hydrogen-bond acceptors (Lipinski definition) is 6. The van der Waals surface area contributed by atoms with Gasteiger partial charge in [0.1, 0.15) is 11.4 Å². The highest BCUT2D eigenvalue weighted by Crippen LogP contribution is 2.13. The lowest BCUT2D eigenvalue weighted by Gasteiger charge is -2.27. The molecule has 0 aliphatic carbocycles. The van der Waals surface area contributed by atoms with Gasteiger partial charge in [-0.3, -0.25) is 14.6 Å². The van der Waals surface area contributed by atoms with Crippen LogP contribution in [0.4, 0.5) is 14.9 Å². The molecule has 0 unspecified atom stereocenters. The number of thioether (sulfide) groups is 1. The summed E-state index contributed by atoms with van der Waals surface area (Å²) in [5.41, 5.74) is 0.767. The molecule has 2 N–H and O–H groups in total. The van der Waals surface area contributed by atoms with E-state index in [4.69, 9.17) is 4.74 Å². The molecule has 2 aromatic rings. The number of benzene rings is 1. The van der Waals surface area contributed by atoms with Crippen LogP contribution < -0.4 is 10.6 Å². The van der Waals surface area contributed by atoms with E-state index in [-0.39, 0.29) is 29.1 Å². The molecule has 0 aliphatic heterocycles. The fraction of sp³-hybridized carbons (Fsp3) is 0.417. The summed E-state index contributed by atoms with van der Waals surface area (Å²) < 4.78 is 18.4. The van der Waals surface area contributed by atoms with Crippen LogP contribution in [-0.4, -0.2) is 58.0 Å². The van der Waals surface area contributed by atoms with Gasteiger partial charge in [-0.2, -0.15) is 0 Å². The summed E-state index contributed by atoms with van der Waals surface area (Å²) >= 11 is 1.18. The molecule has 0 spiro atoms. The van der Waals surface area contributed by atoms with E-state index < -0.39 is 11.7 Å². The third-order valence-electron chi connectivity index (χ3n) is 4.27. The summed E-state index contributed by atoms with van der Waals surface area (Å²) in [5, 5.41) is 5.44. The minimum absolute atomic E-state index is 0.0995. The average molecular weight is 491 g/mol. The molecule has 8 nitrogen and oxygen atoms in total. The first-order chi connectivity index (χ1) is 16.1. The van der Waals surface area contributed by atoms with Gasteiger partial charge in [0.15, 0.2) is 0 Å². The van der Waals surface area contributed by atoms with Gasteiger partial charge in [-0.05, 0) is 63.1 Å². The smallest absolute Gasteiger partial charge is 0.410 e. The van der Waals surface area contributed by atoms with Gasteiger partial charge in [0.2, 0.25) is 11.8 Å². The number of rotatable bonds is 11. The van der Waals surface area contributed by atoms with E-state index in [2.05, 4.69) is 15.6 Å². The van der Waals surface area contributed by atoms with Crippen molar-refractivity contribution < 1.29 is 23.5 Å². The predicted molar refractivity (Wildman–Crippen MR) is 131 cm³/mol.